The third-order valence-electron chi connectivity index (χ3n) is 5.90. The van der Waals surface area contributed by atoms with Crippen molar-refractivity contribution < 1.29 is 24.2 Å². The van der Waals surface area contributed by atoms with Crippen LogP contribution in [0, 0.1) is 0 Å². The molecule has 5 rings (SSSR count). The molecule has 0 bridgehead atoms. The van der Waals surface area contributed by atoms with E-state index in [4.69, 9.17) is 9.47 Å². The summed E-state index contributed by atoms with van der Waals surface area (Å²) >= 11 is 0. The molecule has 2 aromatic carbocycles. The van der Waals surface area contributed by atoms with Crippen LogP contribution in [0.4, 0.5) is 5.69 Å². The van der Waals surface area contributed by atoms with E-state index < -0.39 is 12.0 Å². The predicted octanol–water partition coefficient (Wildman–Crippen LogP) is 2.37. The minimum absolute atomic E-state index is 0.143. The van der Waals surface area contributed by atoms with Crippen molar-refractivity contribution in [2.45, 2.75) is 19.1 Å². The zero-order valence-corrected chi connectivity index (χ0v) is 16.4. The first kappa shape index (κ1) is 18.8. The maximum Gasteiger partial charge on any atom is 0.323 e. The van der Waals surface area contributed by atoms with E-state index in [9.17, 15) is 14.7 Å². The Bertz CT molecular complexity index is 1060. The summed E-state index contributed by atoms with van der Waals surface area (Å²) in [5.74, 6) is -0.364. The highest BCUT2D eigenvalue weighted by atomic mass is 16.5. The van der Waals surface area contributed by atoms with E-state index in [1.54, 1.807) is 0 Å². The number of hydrogen-bond acceptors (Lipinski definition) is 5. The molecule has 2 N–H and O–H groups in total. The standard InChI is InChI=1S/C23H22N2O5/c26-22-20(17-3-1-2-4-18(17)24-22)21-16-6-5-14(11-15(16)12-30-21)7-8-25-9-10-29-13-19(25)23(27)28/h1-6,11,19H,7-10,12-13H2,(H,24,26)(H,27,28). The van der Waals surface area contributed by atoms with Gasteiger partial charge >= 0.3 is 5.97 Å². The molecule has 1 fully saturated rings. The molecule has 1 atom stereocenters. The Kier molecular flexibility index (Phi) is 4.77. The summed E-state index contributed by atoms with van der Waals surface area (Å²) in [5, 5.41) is 12.3. The Balaban J connectivity index is 1.37. The normalized spacial score (nSPS) is 22.9. The number of nitrogens with one attached hydrogen (secondary N) is 1. The maximum absolute atomic E-state index is 12.5. The molecule has 2 aromatic rings. The Hall–Kier alpha value is -3.16. The zero-order valence-electron chi connectivity index (χ0n) is 16.4. The molecule has 30 heavy (non-hydrogen) atoms. The fraction of sp³-hybridized carbons (Fsp3) is 0.304. The second-order valence-corrected chi connectivity index (χ2v) is 7.70. The molecule has 0 saturated carbocycles. The Morgan fingerprint density at radius 1 is 1.20 bits per heavy atom. The highest BCUT2D eigenvalue weighted by molar-refractivity contribution is 6.36. The zero-order chi connectivity index (χ0) is 20.7. The van der Waals surface area contributed by atoms with Gasteiger partial charge in [-0.2, -0.15) is 0 Å². The van der Waals surface area contributed by atoms with E-state index >= 15 is 0 Å². The van der Waals surface area contributed by atoms with Gasteiger partial charge in [-0.05, 0) is 18.1 Å². The lowest BCUT2D eigenvalue weighted by atomic mass is 9.98. The van der Waals surface area contributed by atoms with Crippen LogP contribution in [0.15, 0.2) is 42.5 Å². The maximum atomic E-state index is 12.5. The van der Waals surface area contributed by atoms with Crippen LogP contribution in [-0.4, -0.2) is 54.2 Å². The number of aliphatic carboxylic acids is 1. The summed E-state index contributed by atoms with van der Waals surface area (Å²) in [6, 6.07) is 13.2. The lowest BCUT2D eigenvalue weighted by Crippen LogP contribution is -2.50. The number of rotatable bonds is 4. The monoisotopic (exact) mass is 406 g/mol. The van der Waals surface area contributed by atoms with E-state index in [1.165, 1.54) is 0 Å². The van der Waals surface area contributed by atoms with Crippen LogP contribution in [0.2, 0.25) is 0 Å². The van der Waals surface area contributed by atoms with Crippen LogP contribution in [0.25, 0.3) is 11.3 Å². The van der Waals surface area contributed by atoms with Gasteiger partial charge in [0.05, 0.1) is 18.8 Å². The molecule has 0 aliphatic carbocycles. The number of carbonyl (C=O) groups excluding carboxylic acids is 1. The number of amides is 1. The van der Waals surface area contributed by atoms with Crippen molar-refractivity contribution in [2.24, 2.45) is 0 Å². The lowest BCUT2D eigenvalue weighted by molar-refractivity contribution is -0.149. The van der Waals surface area contributed by atoms with Gasteiger partial charge in [-0.1, -0.05) is 36.4 Å². The molecule has 0 spiro atoms. The third kappa shape index (κ3) is 3.26. The number of nitrogens with zero attached hydrogens (tertiary/aromatic N) is 1. The summed E-state index contributed by atoms with van der Waals surface area (Å²) in [6.07, 6.45) is 0.742. The summed E-state index contributed by atoms with van der Waals surface area (Å²) in [4.78, 5) is 25.9. The highest BCUT2D eigenvalue weighted by Crippen LogP contribution is 2.41. The Morgan fingerprint density at radius 2 is 2.07 bits per heavy atom. The molecule has 7 heteroatoms. The van der Waals surface area contributed by atoms with Crippen molar-refractivity contribution in [2.75, 3.05) is 31.6 Å². The molecule has 0 radical (unpaired) electrons. The minimum Gasteiger partial charge on any atom is -0.487 e. The largest absolute Gasteiger partial charge is 0.487 e. The van der Waals surface area contributed by atoms with Crippen LogP contribution in [0.1, 0.15) is 22.3 Å². The number of anilines is 1. The Labute approximate surface area is 173 Å². The van der Waals surface area contributed by atoms with Gasteiger partial charge in [0.2, 0.25) is 0 Å². The first-order chi connectivity index (χ1) is 14.6. The first-order valence-electron chi connectivity index (χ1n) is 10.1. The second kappa shape index (κ2) is 7.59. The number of morpholine rings is 1. The molecule has 154 valence electrons. The lowest BCUT2D eigenvalue weighted by Gasteiger charge is -2.32. The van der Waals surface area contributed by atoms with E-state index in [2.05, 4.69) is 11.4 Å². The topological polar surface area (TPSA) is 88.1 Å². The molecule has 3 aliphatic heterocycles. The van der Waals surface area contributed by atoms with Crippen molar-refractivity contribution >= 4 is 28.9 Å². The quantitative estimate of drug-likeness (QED) is 0.758. The van der Waals surface area contributed by atoms with Gasteiger partial charge in [-0.3, -0.25) is 14.5 Å². The number of hydrogen-bond donors (Lipinski definition) is 2. The predicted molar refractivity (Wildman–Crippen MR) is 111 cm³/mol. The summed E-state index contributed by atoms with van der Waals surface area (Å²) in [5.41, 5.74) is 5.35. The van der Waals surface area contributed by atoms with Gasteiger partial charge in [-0.15, -0.1) is 0 Å². The van der Waals surface area contributed by atoms with E-state index in [0.717, 1.165) is 34.4 Å². The number of para-hydroxylation sites is 1. The number of carbonyl (C=O) groups is 2. The average Bonchev–Trinajstić information content (AvgIpc) is 3.31. The summed E-state index contributed by atoms with van der Waals surface area (Å²) < 4.78 is 11.3. The van der Waals surface area contributed by atoms with Crippen LogP contribution < -0.4 is 5.32 Å². The second-order valence-electron chi connectivity index (χ2n) is 7.70. The molecule has 3 aliphatic rings. The molecule has 1 saturated heterocycles. The average molecular weight is 406 g/mol. The minimum atomic E-state index is -0.844. The van der Waals surface area contributed by atoms with Crippen LogP contribution in [-0.2, 0) is 32.1 Å². The first-order valence-corrected chi connectivity index (χ1v) is 10.1. The molecule has 0 aromatic heterocycles. The van der Waals surface area contributed by atoms with Gasteiger partial charge in [0.1, 0.15) is 18.4 Å². The molecule has 3 heterocycles. The molecule has 1 unspecified atom stereocenters. The highest BCUT2D eigenvalue weighted by Gasteiger charge is 2.32. The van der Waals surface area contributed by atoms with Gasteiger partial charge in [0.25, 0.3) is 5.91 Å². The SMILES string of the molecule is O=C1Nc2ccccc2C1=C1OCc2cc(CCN3CCOCC3C(=O)O)ccc21. The molecule has 1 amide bonds. The smallest absolute Gasteiger partial charge is 0.323 e. The van der Waals surface area contributed by atoms with E-state index in [1.807, 2.05) is 41.3 Å². The number of carboxylic acids is 1. The van der Waals surface area contributed by atoms with Crippen LogP contribution >= 0.6 is 0 Å². The van der Waals surface area contributed by atoms with Crippen molar-refractivity contribution in [1.29, 1.82) is 0 Å². The van der Waals surface area contributed by atoms with Crippen molar-refractivity contribution in [3.05, 3.63) is 64.7 Å². The number of carboxylic acid groups (broad SMARTS) is 1. The number of benzene rings is 2. The molecular formula is C23H22N2O5. The van der Waals surface area contributed by atoms with Crippen molar-refractivity contribution in [1.82, 2.24) is 4.90 Å². The van der Waals surface area contributed by atoms with E-state index in [-0.39, 0.29) is 12.5 Å². The van der Waals surface area contributed by atoms with Gasteiger partial charge in [0.15, 0.2) is 0 Å². The molecular weight excluding hydrogens is 384 g/mol. The van der Waals surface area contributed by atoms with E-state index in [0.29, 0.717) is 37.6 Å². The van der Waals surface area contributed by atoms with Crippen LogP contribution in [0.5, 0.6) is 0 Å². The van der Waals surface area contributed by atoms with Crippen molar-refractivity contribution in [3.63, 3.8) is 0 Å². The van der Waals surface area contributed by atoms with Gasteiger partial charge < -0.3 is 19.9 Å². The van der Waals surface area contributed by atoms with Crippen LogP contribution in [0.3, 0.4) is 0 Å². The van der Waals surface area contributed by atoms with Crippen molar-refractivity contribution in [3.8, 4) is 0 Å². The van der Waals surface area contributed by atoms with Gasteiger partial charge in [0, 0.05) is 35.5 Å². The third-order valence-corrected chi connectivity index (χ3v) is 5.90. The summed E-state index contributed by atoms with van der Waals surface area (Å²) in [7, 11) is 0. The summed E-state index contributed by atoms with van der Waals surface area (Å²) in [6.45, 7) is 2.49. The fourth-order valence-corrected chi connectivity index (χ4v) is 4.33. The number of fused-ring (bicyclic) bond motifs is 2. The fourth-order valence-electron chi connectivity index (χ4n) is 4.33. The van der Waals surface area contributed by atoms with Gasteiger partial charge in [-0.25, -0.2) is 0 Å². The molecule has 7 nitrogen and oxygen atoms in total. The Morgan fingerprint density at radius 3 is 2.93 bits per heavy atom. The number of ether oxygens (including phenoxy) is 2.